The number of carbonyl (C=O) groups is 2. The Balaban J connectivity index is 1.58. The zero-order valence-corrected chi connectivity index (χ0v) is 13.8. The lowest BCUT2D eigenvalue weighted by atomic mass is 10.2. The van der Waals surface area contributed by atoms with Gasteiger partial charge in [-0.1, -0.05) is 6.07 Å². The number of fused-ring (bicyclic) bond motifs is 1. The Kier molecular flexibility index (Phi) is 4.81. The SMILES string of the molecule is CN(Cc1cccs1)C(=O)COC(=O)c1ccc2nccnc2c1. The van der Waals surface area contributed by atoms with Gasteiger partial charge in [0.25, 0.3) is 5.91 Å². The molecule has 1 amide bonds. The molecule has 0 aliphatic carbocycles. The largest absolute Gasteiger partial charge is 0.452 e. The number of amides is 1. The molecule has 0 radical (unpaired) electrons. The molecule has 1 aromatic carbocycles. The number of rotatable bonds is 5. The van der Waals surface area contributed by atoms with Crippen LogP contribution in [0.4, 0.5) is 0 Å². The van der Waals surface area contributed by atoms with Crippen molar-refractivity contribution < 1.29 is 14.3 Å². The van der Waals surface area contributed by atoms with E-state index in [9.17, 15) is 9.59 Å². The highest BCUT2D eigenvalue weighted by molar-refractivity contribution is 7.09. The zero-order chi connectivity index (χ0) is 16.9. The van der Waals surface area contributed by atoms with Crippen LogP contribution in [0.1, 0.15) is 15.2 Å². The number of nitrogens with zero attached hydrogens (tertiary/aromatic N) is 3. The van der Waals surface area contributed by atoms with Gasteiger partial charge in [-0.05, 0) is 29.6 Å². The molecule has 3 rings (SSSR count). The molecule has 24 heavy (non-hydrogen) atoms. The van der Waals surface area contributed by atoms with Gasteiger partial charge in [0.05, 0.1) is 23.1 Å². The van der Waals surface area contributed by atoms with E-state index in [2.05, 4.69) is 9.97 Å². The molecule has 0 unspecified atom stereocenters. The van der Waals surface area contributed by atoms with Gasteiger partial charge in [0, 0.05) is 24.3 Å². The van der Waals surface area contributed by atoms with Gasteiger partial charge in [-0.2, -0.15) is 0 Å². The second-order valence-corrected chi connectivity index (χ2v) is 6.20. The van der Waals surface area contributed by atoms with Gasteiger partial charge < -0.3 is 9.64 Å². The second kappa shape index (κ2) is 7.18. The van der Waals surface area contributed by atoms with E-state index >= 15 is 0 Å². The van der Waals surface area contributed by atoms with E-state index < -0.39 is 5.97 Å². The Bertz CT molecular complexity index is 864. The maximum absolute atomic E-state index is 12.1. The van der Waals surface area contributed by atoms with Crippen LogP contribution in [0, 0.1) is 0 Å². The van der Waals surface area contributed by atoms with Crippen molar-refractivity contribution in [3.8, 4) is 0 Å². The number of esters is 1. The lowest BCUT2D eigenvalue weighted by Gasteiger charge is -2.16. The molecule has 7 heteroatoms. The molecule has 0 fully saturated rings. The monoisotopic (exact) mass is 341 g/mol. The first-order valence-corrected chi connectivity index (χ1v) is 8.16. The van der Waals surface area contributed by atoms with Gasteiger partial charge in [0.2, 0.25) is 0 Å². The maximum Gasteiger partial charge on any atom is 0.338 e. The average molecular weight is 341 g/mol. The van der Waals surface area contributed by atoms with Gasteiger partial charge in [-0.25, -0.2) is 4.79 Å². The molecule has 0 spiro atoms. The van der Waals surface area contributed by atoms with Crippen molar-refractivity contribution in [1.29, 1.82) is 0 Å². The zero-order valence-electron chi connectivity index (χ0n) is 13.0. The summed E-state index contributed by atoms with van der Waals surface area (Å²) in [5.74, 6) is -0.808. The van der Waals surface area contributed by atoms with Crippen LogP contribution in [-0.2, 0) is 16.1 Å². The summed E-state index contributed by atoms with van der Waals surface area (Å²) in [6, 6.07) is 8.80. The molecule has 0 atom stereocenters. The van der Waals surface area contributed by atoms with Gasteiger partial charge in [0.1, 0.15) is 0 Å². The number of likely N-dealkylation sites (N-methyl/N-ethyl adjacent to an activating group) is 1. The molecular formula is C17H15N3O3S. The molecule has 6 nitrogen and oxygen atoms in total. The standard InChI is InChI=1S/C17H15N3O3S/c1-20(10-13-3-2-8-24-13)16(21)11-23-17(22)12-4-5-14-15(9-12)19-7-6-18-14/h2-9H,10-11H2,1H3. The molecule has 0 saturated heterocycles. The van der Waals surface area contributed by atoms with E-state index in [0.717, 1.165) is 4.88 Å². The predicted molar refractivity (Wildman–Crippen MR) is 90.6 cm³/mol. The van der Waals surface area contributed by atoms with Crippen molar-refractivity contribution in [2.75, 3.05) is 13.7 Å². The number of hydrogen-bond acceptors (Lipinski definition) is 6. The molecule has 0 N–H and O–H groups in total. The fourth-order valence-electron chi connectivity index (χ4n) is 2.14. The summed E-state index contributed by atoms with van der Waals surface area (Å²) >= 11 is 1.58. The fourth-order valence-corrected chi connectivity index (χ4v) is 2.89. The van der Waals surface area contributed by atoms with Crippen LogP contribution in [0.5, 0.6) is 0 Å². The Morgan fingerprint density at radius 3 is 2.71 bits per heavy atom. The molecular weight excluding hydrogens is 326 g/mol. The highest BCUT2D eigenvalue weighted by atomic mass is 32.1. The summed E-state index contributed by atoms with van der Waals surface area (Å²) in [6.07, 6.45) is 3.14. The smallest absolute Gasteiger partial charge is 0.338 e. The van der Waals surface area contributed by atoms with E-state index in [4.69, 9.17) is 4.74 Å². The molecule has 2 heterocycles. The normalized spacial score (nSPS) is 10.5. The van der Waals surface area contributed by atoms with Crippen molar-refractivity contribution in [1.82, 2.24) is 14.9 Å². The summed E-state index contributed by atoms with van der Waals surface area (Å²) in [4.78, 5) is 35.0. The molecule has 0 aliphatic heterocycles. The van der Waals surface area contributed by atoms with Crippen LogP contribution < -0.4 is 0 Å². The number of aromatic nitrogens is 2. The molecule has 0 saturated carbocycles. The van der Waals surface area contributed by atoms with Crippen molar-refractivity contribution in [3.63, 3.8) is 0 Å². The van der Waals surface area contributed by atoms with E-state index in [0.29, 0.717) is 23.1 Å². The third kappa shape index (κ3) is 3.75. The highest BCUT2D eigenvalue weighted by Crippen LogP contribution is 2.13. The lowest BCUT2D eigenvalue weighted by molar-refractivity contribution is -0.133. The Morgan fingerprint density at radius 2 is 1.96 bits per heavy atom. The Hall–Kier alpha value is -2.80. The summed E-state index contributed by atoms with van der Waals surface area (Å²) in [6.45, 7) is 0.207. The third-order valence-corrected chi connectivity index (χ3v) is 4.29. The Morgan fingerprint density at radius 1 is 1.17 bits per heavy atom. The van der Waals surface area contributed by atoms with E-state index in [1.54, 1.807) is 49.0 Å². The first-order chi connectivity index (χ1) is 11.6. The van der Waals surface area contributed by atoms with E-state index in [1.165, 1.54) is 4.90 Å². The van der Waals surface area contributed by atoms with E-state index in [-0.39, 0.29) is 12.5 Å². The van der Waals surface area contributed by atoms with Gasteiger partial charge in [-0.15, -0.1) is 11.3 Å². The predicted octanol–water partition coefficient (Wildman–Crippen LogP) is 2.51. The summed E-state index contributed by atoms with van der Waals surface area (Å²) in [7, 11) is 1.68. The van der Waals surface area contributed by atoms with Crippen LogP contribution >= 0.6 is 11.3 Å². The van der Waals surface area contributed by atoms with Gasteiger partial charge in [0.15, 0.2) is 6.61 Å². The molecule has 0 bridgehead atoms. The van der Waals surface area contributed by atoms with Gasteiger partial charge >= 0.3 is 5.97 Å². The maximum atomic E-state index is 12.1. The minimum atomic E-state index is -0.555. The quantitative estimate of drug-likeness (QED) is 0.667. The first kappa shape index (κ1) is 16.1. The summed E-state index contributed by atoms with van der Waals surface area (Å²) < 4.78 is 5.10. The minimum absolute atomic E-state index is 0.252. The summed E-state index contributed by atoms with van der Waals surface area (Å²) in [5.41, 5.74) is 1.64. The van der Waals surface area contributed by atoms with Crippen LogP contribution in [0.2, 0.25) is 0 Å². The van der Waals surface area contributed by atoms with Crippen LogP contribution in [0.25, 0.3) is 11.0 Å². The fraction of sp³-hybridized carbons (Fsp3) is 0.176. The molecule has 0 aliphatic rings. The van der Waals surface area contributed by atoms with Crippen LogP contribution in [0.15, 0.2) is 48.1 Å². The number of hydrogen-bond donors (Lipinski definition) is 0. The number of carbonyl (C=O) groups excluding carboxylic acids is 2. The van der Waals surface area contributed by atoms with Crippen molar-refractivity contribution >= 4 is 34.2 Å². The second-order valence-electron chi connectivity index (χ2n) is 5.17. The van der Waals surface area contributed by atoms with Crippen molar-refractivity contribution in [3.05, 3.63) is 58.5 Å². The number of thiophene rings is 1. The Labute approximate surface area is 142 Å². The number of ether oxygens (including phenoxy) is 1. The molecule has 122 valence electrons. The minimum Gasteiger partial charge on any atom is -0.452 e. The lowest BCUT2D eigenvalue weighted by Crippen LogP contribution is -2.30. The third-order valence-electron chi connectivity index (χ3n) is 3.43. The number of benzene rings is 1. The van der Waals surface area contributed by atoms with Crippen LogP contribution in [-0.4, -0.2) is 40.4 Å². The molecule has 3 aromatic rings. The average Bonchev–Trinajstić information content (AvgIpc) is 3.11. The summed E-state index contributed by atoms with van der Waals surface area (Å²) in [5, 5.41) is 1.95. The molecule has 2 aromatic heterocycles. The highest BCUT2D eigenvalue weighted by Gasteiger charge is 2.14. The van der Waals surface area contributed by atoms with Crippen molar-refractivity contribution in [2.24, 2.45) is 0 Å². The first-order valence-electron chi connectivity index (χ1n) is 7.28. The topological polar surface area (TPSA) is 72.4 Å². The van der Waals surface area contributed by atoms with E-state index in [1.807, 2.05) is 17.5 Å². The van der Waals surface area contributed by atoms with Gasteiger partial charge in [-0.3, -0.25) is 14.8 Å². The van der Waals surface area contributed by atoms with Crippen molar-refractivity contribution in [2.45, 2.75) is 6.54 Å². The van der Waals surface area contributed by atoms with Crippen LogP contribution in [0.3, 0.4) is 0 Å².